The molecular formula is C14H21N3O3. The number of carbonyl (C=O) groups excluding carboxylic acids is 2. The Labute approximate surface area is 118 Å². The number of hydrogen-bond acceptors (Lipinski definition) is 5. The minimum atomic E-state index is -1.11. The van der Waals surface area contributed by atoms with Crippen LogP contribution in [0.5, 0.6) is 0 Å². The van der Waals surface area contributed by atoms with Gasteiger partial charge in [0.25, 0.3) is 0 Å². The molecule has 0 saturated carbocycles. The zero-order valence-corrected chi connectivity index (χ0v) is 12.0. The van der Waals surface area contributed by atoms with Crippen molar-refractivity contribution in [1.29, 1.82) is 0 Å². The summed E-state index contributed by atoms with van der Waals surface area (Å²) < 4.78 is 4.62. The summed E-state index contributed by atoms with van der Waals surface area (Å²) in [5.41, 5.74) is 11.9. The van der Waals surface area contributed by atoms with Crippen molar-refractivity contribution in [3.63, 3.8) is 0 Å². The third-order valence-corrected chi connectivity index (χ3v) is 2.90. The number of esters is 1. The van der Waals surface area contributed by atoms with Crippen molar-refractivity contribution in [2.75, 3.05) is 12.8 Å². The molecule has 0 spiro atoms. The van der Waals surface area contributed by atoms with Gasteiger partial charge in [-0.25, -0.2) is 4.79 Å². The molecule has 1 amide bonds. The van der Waals surface area contributed by atoms with E-state index in [0.29, 0.717) is 12.1 Å². The van der Waals surface area contributed by atoms with Gasteiger partial charge in [-0.05, 0) is 38.0 Å². The highest BCUT2D eigenvalue weighted by atomic mass is 16.5. The summed E-state index contributed by atoms with van der Waals surface area (Å²) in [6, 6.07) is 6.38. The predicted octanol–water partition coefficient (Wildman–Crippen LogP) is 0.206. The number of amides is 1. The number of benzene rings is 1. The quantitative estimate of drug-likeness (QED) is 0.527. The number of nitrogens with two attached hydrogens (primary N) is 2. The largest absolute Gasteiger partial charge is 0.467 e. The van der Waals surface area contributed by atoms with Crippen LogP contribution in [-0.4, -0.2) is 30.6 Å². The van der Waals surface area contributed by atoms with E-state index in [1.807, 2.05) is 12.1 Å². The Bertz CT molecular complexity index is 483. The lowest BCUT2D eigenvalue weighted by atomic mass is 10.0. The van der Waals surface area contributed by atoms with Crippen LogP contribution < -0.4 is 16.8 Å². The lowest BCUT2D eigenvalue weighted by Crippen LogP contribution is -2.55. The Morgan fingerprint density at radius 1 is 1.30 bits per heavy atom. The molecule has 0 bridgehead atoms. The van der Waals surface area contributed by atoms with E-state index in [0.717, 1.165) is 5.56 Å². The zero-order chi connectivity index (χ0) is 15.3. The van der Waals surface area contributed by atoms with Gasteiger partial charge in [-0.2, -0.15) is 0 Å². The third-order valence-electron chi connectivity index (χ3n) is 2.90. The summed E-state index contributed by atoms with van der Waals surface area (Å²) >= 11 is 0. The van der Waals surface area contributed by atoms with Crippen molar-refractivity contribution in [3.8, 4) is 0 Å². The monoisotopic (exact) mass is 279 g/mol. The van der Waals surface area contributed by atoms with E-state index in [1.54, 1.807) is 26.0 Å². The molecule has 5 N–H and O–H groups in total. The Morgan fingerprint density at radius 2 is 1.85 bits per heavy atom. The summed E-state index contributed by atoms with van der Waals surface area (Å²) in [7, 11) is 1.27. The van der Waals surface area contributed by atoms with Gasteiger partial charge in [0.15, 0.2) is 0 Å². The van der Waals surface area contributed by atoms with Gasteiger partial charge in [-0.3, -0.25) is 4.79 Å². The Kier molecular flexibility index (Phi) is 5.10. The minimum Gasteiger partial charge on any atom is -0.467 e. The molecule has 20 heavy (non-hydrogen) atoms. The number of ether oxygens (including phenoxy) is 1. The fraction of sp³-hybridized carbons (Fsp3) is 0.429. The van der Waals surface area contributed by atoms with Crippen LogP contribution >= 0.6 is 0 Å². The predicted molar refractivity (Wildman–Crippen MR) is 76.8 cm³/mol. The molecule has 0 aliphatic rings. The van der Waals surface area contributed by atoms with Crippen molar-refractivity contribution >= 4 is 17.6 Å². The molecule has 1 aromatic carbocycles. The van der Waals surface area contributed by atoms with Gasteiger partial charge in [0.1, 0.15) is 5.54 Å². The molecule has 0 aromatic heterocycles. The van der Waals surface area contributed by atoms with Crippen molar-refractivity contribution in [1.82, 2.24) is 5.32 Å². The first-order valence-electron chi connectivity index (χ1n) is 6.26. The van der Waals surface area contributed by atoms with Crippen LogP contribution in [0.15, 0.2) is 24.3 Å². The van der Waals surface area contributed by atoms with Gasteiger partial charge < -0.3 is 21.5 Å². The van der Waals surface area contributed by atoms with Crippen LogP contribution in [0.1, 0.15) is 19.4 Å². The van der Waals surface area contributed by atoms with Gasteiger partial charge in [0, 0.05) is 5.69 Å². The molecule has 1 aromatic rings. The van der Waals surface area contributed by atoms with Gasteiger partial charge >= 0.3 is 5.97 Å². The van der Waals surface area contributed by atoms with Crippen LogP contribution in [-0.2, 0) is 20.7 Å². The molecule has 0 radical (unpaired) electrons. The van der Waals surface area contributed by atoms with Crippen molar-refractivity contribution in [2.24, 2.45) is 5.73 Å². The smallest absolute Gasteiger partial charge is 0.330 e. The second kappa shape index (κ2) is 6.38. The number of carbonyl (C=O) groups is 2. The normalized spacial score (nSPS) is 12.6. The lowest BCUT2D eigenvalue weighted by molar-refractivity contribution is -0.149. The summed E-state index contributed by atoms with van der Waals surface area (Å²) in [5, 5.41) is 2.58. The molecule has 0 heterocycles. The molecular weight excluding hydrogens is 258 g/mol. The minimum absolute atomic E-state index is 0.364. The average molecular weight is 279 g/mol. The lowest BCUT2D eigenvalue weighted by Gasteiger charge is -2.25. The molecule has 110 valence electrons. The fourth-order valence-corrected chi connectivity index (χ4v) is 1.71. The number of rotatable bonds is 5. The van der Waals surface area contributed by atoms with Crippen molar-refractivity contribution < 1.29 is 14.3 Å². The SMILES string of the molecule is COC(=O)C(C)(C)NC(=O)[C@@H](N)Cc1ccc(N)cc1. The summed E-state index contributed by atoms with van der Waals surface area (Å²) in [6.07, 6.45) is 0.364. The number of hydrogen-bond donors (Lipinski definition) is 3. The molecule has 0 unspecified atom stereocenters. The molecule has 0 fully saturated rings. The number of nitrogen functional groups attached to an aromatic ring is 1. The van der Waals surface area contributed by atoms with E-state index in [4.69, 9.17) is 11.5 Å². The van der Waals surface area contributed by atoms with Crippen LogP contribution in [0.2, 0.25) is 0 Å². The van der Waals surface area contributed by atoms with E-state index in [9.17, 15) is 9.59 Å². The highest BCUT2D eigenvalue weighted by molar-refractivity contribution is 5.89. The molecule has 0 aliphatic heterocycles. The number of methoxy groups -OCH3 is 1. The van der Waals surface area contributed by atoms with E-state index < -0.39 is 23.5 Å². The van der Waals surface area contributed by atoms with Gasteiger partial charge in [-0.1, -0.05) is 12.1 Å². The molecule has 0 aliphatic carbocycles. The highest BCUT2D eigenvalue weighted by Crippen LogP contribution is 2.09. The van der Waals surface area contributed by atoms with Crippen LogP contribution in [0.3, 0.4) is 0 Å². The fourth-order valence-electron chi connectivity index (χ4n) is 1.71. The summed E-state index contributed by atoms with van der Waals surface area (Å²) in [4.78, 5) is 23.5. The van der Waals surface area contributed by atoms with Gasteiger partial charge in [0.05, 0.1) is 13.2 Å². The Hall–Kier alpha value is -2.08. The van der Waals surface area contributed by atoms with E-state index in [-0.39, 0.29) is 0 Å². The second-order valence-electron chi connectivity index (χ2n) is 5.16. The van der Waals surface area contributed by atoms with Crippen molar-refractivity contribution in [3.05, 3.63) is 29.8 Å². The van der Waals surface area contributed by atoms with Crippen molar-refractivity contribution in [2.45, 2.75) is 31.8 Å². The topological polar surface area (TPSA) is 107 Å². The van der Waals surface area contributed by atoms with Crippen LogP contribution in [0.25, 0.3) is 0 Å². The Morgan fingerprint density at radius 3 is 2.35 bits per heavy atom. The first kappa shape index (κ1) is 16.0. The maximum Gasteiger partial charge on any atom is 0.330 e. The molecule has 6 nitrogen and oxygen atoms in total. The second-order valence-corrected chi connectivity index (χ2v) is 5.16. The standard InChI is InChI=1S/C14H21N3O3/c1-14(2,13(19)20-3)17-12(18)11(16)8-9-4-6-10(15)7-5-9/h4-7,11H,8,15-16H2,1-3H3,(H,17,18)/t11-/m0/s1. The van der Waals surface area contributed by atoms with Crippen LogP contribution in [0.4, 0.5) is 5.69 Å². The first-order valence-corrected chi connectivity index (χ1v) is 6.26. The number of nitrogens with one attached hydrogen (secondary N) is 1. The average Bonchev–Trinajstić information content (AvgIpc) is 2.39. The molecule has 1 atom stereocenters. The highest BCUT2D eigenvalue weighted by Gasteiger charge is 2.32. The third kappa shape index (κ3) is 4.24. The van der Waals surface area contributed by atoms with Gasteiger partial charge in [0.2, 0.25) is 5.91 Å². The maximum atomic E-state index is 12.0. The van der Waals surface area contributed by atoms with E-state index >= 15 is 0 Å². The van der Waals surface area contributed by atoms with Crippen LogP contribution in [0, 0.1) is 0 Å². The molecule has 6 heteroatoms. The molecule has 0 saturated heterocycles. The first-order chi connectivity index (χ1) is 9.26. The number of anilines is 1. The summed E-state index contributed by atoms with van der Waals surface area (Å²) in [6.45, 7) is 3.12. The Balaban J connectivity index is 2.63. The van der Waals surface area contributed by atoms with Gasteiger partial charge in [-0.15, -0.1) is 0 Å². The zero-order valence-electron chi connectivity index (χ0n) is 12.0. The molecule has 1 rings (SSSR count). The van der Waals surface area contributed by atoms with E-state index in [2.05, 4.69) is 10.1 Å². The maximum absolute atomic E-state index is 12.0. The van der Waals surface area contributed by atoms with E-state index in [1.165, 1.54) is 7.11 Å². The summed E-state index contributed by atoms with van der Waals surface area (Å²) in [5.74, 6) is -0.928.